The third-order valence-corrected chi connectivity index (χ3v) is 6.03. The molecule has 0 atom stereocenters. The largest absolute Gasteiger partial charge is 0.435 e. The maximum atomic E-state index is 12.6. The Morgan fingerprint density at radius 1 is 1.14 bits per heavy atom. The third kappa shape index (κ3) is 6.18. The number of carbonyl (C=O) groups is 1. The van der Waals surface area contributed by atoms with Crippen LogP contribution in [-0.4, -0.2) is 32.7 Å². The van der Waals surface area contributed by atoms with Gasteiger partial charge in [-0.2, -0.15) is 8.78 Å². The van der Waals surface area contributed by atoms with Gasteiger partial charge in [-0.1, -0.05) is 41.6 Å². The van der Waals surface area contributed by atoms with Crippen LogP contribution >= 0.6 is 23.4 Å². The van der Waals surface area contributed by atoms with Crippen LogP contribution in [0.3, 0.4) is 0 Å². The number of amides is 1. The van der Waals surface area contributed by atoms with Gasteiger partial charge in [-0.15, -0.1) is 0 Å². The Kier molecular flexibility index (Phi) is 7.81. The van der Waals surface area contributed by atoms with Gasteiger partial charge >= 0.3 is 6.61 Å². The Hall–Kier alpha value is -3.96. The number of nitro groups is 1. The Bertz CT molecular complexity index is 1400. The summed E-state index contributed by atoms with van der Waals surface area (Å²) in [7, 11) is 0. The molecule has 0 saturated heterocycles. The topological polar surface area (TPSA) is 99.3 Å². The number of ether oxygens (including phenoxy) is 1. The van der Waals surface area contributed by atoms with Gasteiger partial charge in [0, 0.05) is 34.1 Å². The van der Waals surface area contributed by atoms with Gasteiger partial charge in [-0.25, -0.2) is 4.98 Å². The van der Waals surface area contributed by atoms with E-state index in [9.17, 15) is 23.7 Å². The van der Waals surface area contributed by atoms with Gasteiger partial charge in [0.25, 0.3) is 5.69 Å². The van der Waals surface area contributed by atoms with Crippen LogP contribution < -0.4 is 10.1 Å². The highest BCUT2D eigenvalue weighted by molar-refractivity contribution is 7.99. The zero-order valence-electron chi connectivity index (χ0n) is 18.3. The fourth-order valence-electron chi connectivity index (χ4n) is 3.34. The summed E-state index contributed by atoms with van der Waals surface area (Å²) < 4.78 is 31.2. The second-order valence-corrected chi connectivity index (χ2v) is 8.67. The quantitative estimate of drug-likeness (QED) is 0.152. The van der Waals surface area contributed by atoms with Crippen LogP contribution in [-0.2, 0) is 4.79 Å². The van der Waals surface area contributed by atoms with Crippen molar-refractivity contribution in [3.63, 3.8) is 0 Å². The number of nitrogens with zero attached hydrogens (tertiary/aromatic N) is 3. The molecular weight excluding hydrogens is 514 g/mol. The standard InChI is InChI=1S/C24H17ClF2N4O4S/c25-16-4-2-5-17(12-16)29-22(32)14-36-24-28-13-21(15-3-1-6-19(11-15)31(33)34)30(24)18-7-9-20(10-8-18)35-23(26)27/h1-13,23H,14H2,(H,29,32). The van der Waals surface area contributed by atoms with Crippen LogP contribution in [0, 0.1) is 10.1 Å². The van der Waals surface area contributed by atoms with Crippen molar-refractivity contribution < 1.29 is 23.2 Å². The van der Waals surface area contributed by atoms with E-state index in [1.165, 1.54) is 30.5 Å². The number of alkyl halides is 2. The van der Waals surface area contributed by atoms with E-state index >= 15 is 0 Å². The second-order valence-electron chi connectivity index (χ2n) is 7.29. The number of hydrogen-bond donors (Lipinski definition) is 1. The lowest BCUT2D eigenvalue weighted by atomic mass is 10.1. The molecule has 0 bridgehead atoms. The summed E-state index contributed by atoms with van der Waals surface area (Å²) in [5.41, 5.74) is 2.01. The molecule has 0 fully saturated rings. The average molecular weight is 531 g/mol. The molecule has 12 heteroatoms. The van der Waals surface area contributed by atoms with Crippen molar-refractivity contribution >= 4 is 40.6 Å². The molecular formula is C24H17ClF2N4O4S. The minimum Gasteiger partial charge on any atom is -0.435 e. The highest BCUT2D eigenvalue weighted by Crippen LogP contribution is 2.32. The minimum atomic E-state index is -2.96. The first-order valence-corrected chi connectivity index (χ1v) is 11.7. The van der Waals surface area contributed by atoms with E-state index in [0.717, 1.165) is 11.8 Å². The van der Waals surface area contributed by atoms with Crippen molar-refractivity contribution in [1.29, 1.82) is 0 Å². The number of nitro benzene ring substituents is 1. The predicted octanol–water partition coefficient (Wildman–Crippen LogP) is 6.43. The van der Waals surface area contributed by atoms with E-state index in [1.807, 2.05) is 0 Å². The highest BCUT2D eigenvalue weighted by Gasteiger charge is 2.18. The van der Waals surface area contributed by atoms with E-state index in [1.54, 1.807) is 53.1 Å². The fraction of sp³-hybridized carbons (Fsp3) is 0.0833. The number of halogens is 3. The van der Waals surface area contributed by atoms with Crippen molar-refractivity contribution in [2.75, 3.05) is 11.1 Å². The number of thioether (sulfide) groups is 1. The molecule has 4 aromatic rings. The maximum Gasteiger partial charge on any atom is 0.387 e. The van der Waals surface area contributed by atoms with Crippen molar-refractivity contribution in [2.45, 2.75) is 11.8 Å². The lowest BCUT2D eigenvalue weighted by Crippen LogP contribution is -2.14. The number of rotatable bonds is 9. The first-order chi connectivity index (χ1) is 17.3. The van der Waals surface area contributed by atoms with E-state index in [0.29, 0.717) is 32.8 Å². The molecule has 0 radical (unpaired) electrons. The third-order valence-electron chi connectivity index (χ3n) is 4.84. The van der Waals surface area contributed by atoms with Crippen molar-refractivity contribution in [2.24, 2.45) is 0 Å². The molecule has 36 heavy (non-hydrogen) atoms. The molecule has 0 aliphatic heterocycles. The number of aromatic nitrogens is 2. The Morgan fingerprint density at radius 3 is 2.58 bits per heavy atom. The SMILES string of the molecule is O=C(CSc1ncc(-c2cccc([N+](=O)[O-])c2)n1-c1ccc(OC(F)F)cc1)Nc1cccc(Cl)c1. The van der Waals surface area contributed by atoms with Crippen LogP contribution in [0.1, 0.15) is 0 Å². The molecule has 3 aromatic carbocycles. The minimum absolute atomic E-state index is 0.00445. The summed E-state index contributed by atoms with van der Waals surface area (Å²) >= 11 is 7.09. The molecule has 1 aromatic heterocycles. The molecule has 0 saturated carbocycles. The Balaban J connectivity index is 1.64. The highest BCUT2D eigenvalue weighted by atomic mass is 35.5. The average Bonchev–Trinajstić information content (AvgIpc) is 3.27. The van der Waals surface area contributed by atoms with Crippen LogP contribution in [0.25, 0.3) is 16.9 Å². The van der Waals surface area contributed by atoms with Crippen LogP contribution in [0.4, 0.5) is 20.2 Å². The number of nitrogens with one attached hydrogen (secondary N) is 1. The van der Waals surface area contributed by atoms with Gasteiger partial charge in [0.15, 0.2) is 5.16 Å². The van der Waals surface area contributed by atoms with Gasteiger partial charge in [-0.3, -0.25) is 19.5 Å². The van der Waals surface area contributed by atoms with Crippen molar-refractivity contribution in [3.05, 3.63) is 94.1 Å². The summed E-state index contributed by atoms with van der Waals surface area (Å²) in [4.78, 5) is 27.7. The van der Waals surface area contributed by atoms with Gasteiger partial charge in [-0.05, 0) is 42.5 Å². The normalized spacial score (nSPS) is 10.9. The van der Waals surface area contributed by atoms with E-state index in [2.05, 4.69) is 15.0 Å². The molecule has 1 amide bonds. The summed E-state index contributed by atoms with van der Waals surface area (Å²) in [6.45, 7) is -2.96. The van der Waals surface area contributed by atoms with Crippen LogP contribution in [0.15, 0.2) is 84.1 Å². The van der Waals surface area contributed by atoms with Gasteiger partial charge < -0.3 is 10.1 Å². The Morgan fingerprint density at radius 2 is 1.89 bits per heavy atom. The molecule has 0 aliphatic rings. The monoisotopic (exact) mass is 530 g/mol. The number of anilines is 1. The number of benzene rings is 3. The van der Waals surface area contributed by atoms with Crippen LogP contribution in [0.2, 0.25) is 5.02 Å². The van der Waals surface area contributed by atoms with Gasteiger partial charge in [0.05, 0.1) is 22.6 Å². The zero-order valence-corrected chi connectivity index (χ0v) is 19.9. The molecule has 4 rings (SSSR count). The number of hydrogen-bond acceptors (Lipinski definition) is 6. The van der Waals surface area contributed by atoms with Crippen molar-refractivity contribution in [3.8, 4) is 22.7 Å². The summed E-state index contributed by atoms with van der Waals surface area (Å²) in [5, 5.41) is 14.9. The molecule has 1 N–H and O–H groups in total. The first-order valence-electron chi connectivity index (χ1n) is 10.4. The molecule has 0 unspecified atom stereocenters. The molecule has 0 aliphatic carbocycles. The second kappa shape index (κ2) is 11.2. The van der Waals surface area contributed by atoms with E-state index < -0.39 is 11.5 Å². The summed E-state index contributed by atoms with van der Waals surface area (Å²) in [6, 6.07) is 18.6. The van der Waals surface area contributed by atoms with Crippen LogP contribution in [0.5, 0.6) is 5.75 Å². The van der Waals surface area contributed by atoms with E-state index in [-0.39, 0.29) is 23.1 Å². The zero-order chi connectivity index (χ0) is 25.7. The van der Waals surface area contributed by atoms with Crippen molar-refractivity contribution in [1.82, 2.24) is 9.55 Å². The van der Waals surface area contributed by atoms with E-state index in [4.69, 9.17) is 11.6 Å². The van der Waals surface area contributed by atoms with Gasteiger partial charge in [0.2, 0.25) is 5.91 Å². The number of carbonyl (C=O) groups excluding carboxylic acids is 1. The maximum absolute atomic E-state index is 12.6. The first kappa shape index (κ1) is 25.1. The summed E-state index contributed by atoms with van der Waals surface area (Å²) in [5.74, 6) is -0.319. The number of non-ortho nitro benzene ring substituents is 1. The Labute approximate surface area is 213 Å². The lowest BCUT2D eigenvalue weighted by Gasteiger charge is -2.13. The predicted molar refractivity (Wildman–Crippen MR) is 133 cm³/mol. The lowest BCUT2D eigenvalue weighted by molar-refractivity contribution is -0.384. The van der Waals surface area contributed by atoms with Gasteiger partial charge in [0.1, 0.15) is 5.75 Å². The fourth-order valence-corrected chi connectivity index (χ4v) is 4.32. The smallest absolute Gasteiger partial charge is 0.387 e. The summed E-state index contributed by atoms with van der Waals surface area (Å²) in [6.07, 6.45) is 1.53. The molecule has 8 nitrogen and oxygen atoms in total. The number of imidazole rings is 1. The molecule has 1 heterocycles. The molecule has 184 valence electrons. The molecule has 0 spiro atoms.